The van der Waals surface area contributed by atoms with E-state index < -0.39 is 0 Å². The van der Waals surface area contributed by atoms with E-state index in [0.717, 1.165) is 29.8 Å². The van der Waals surface area contributed by atoms with E-state index in [1.54, 1.807) is 0 Å². The van der Waals surface area contributed by atoms with Crippen LogP contribution in [-0.4, -0.2) is 11.8 Å². The summed E-state index contributed by atoms with van der Waals surface area (Å²) in [4.78, 5) is 23.9. The molecule has 124 valence electrons. The first-order valence-corrected chi connectivity index (χ1v) is 8.37. The molecule has 24 heavy (non-hydrogen) atoms. The van der Waals surface area contributed by atoms with Gasteiger partial charge >= 0.3 is 0 Å². The Bertz CT molecular complexity index is 706. The Morgan fingerprint density at radius 3 is 2.12 bits per heavy atom. The van der Waals surface area contributed by atoms with E-state index in [4.69, 9.17) is 0 Å². The van der Waals surface area contributed by atoms with Crippen molar-refractivity contribution in [1.29, 1.82) is 0 Å². The highest BCUT2D eigenvalue weighted by Gasteiger charge is 2.29. The van der Waals surface area contributed by atoms with Crippen LogP contribution in [0.1, 0.15) is 37.7 Å². The van der Waals surface area contributed by atoms with Gasteiger partial charge in [-0.15, -0.1) is 0 Å². The van der Waals surface area contributed by atoms with Gasteiger partial charge in [0.2, 0.25) is 11.8 Å². The molecule has 0 unspecified atom stereocenters. The van der Waals surface area contributed by atoms with Crippen LogP contribution >= 0.6 is 0 Å². The molecule has 0 saturated heterocycles. The third kappa shape index (κ3) is 4.44. The lowest BCUT2D eigenvalue weighted by molar-refractivity contribution is -0.117. The summed E-state index contributed by atoms with van der Waals surface area (Å²) in [5.74, 6) is 0.428. The molecule has 2 amide bonds. The highest BCUT2D eigenvalue weighted by atomic mass is 16.2. The maximum atomic E-state index is 12.2. The molecule has 1 aliphatic rings. The minimum absolute atomic E-state index is 0.0129. The summed E-state index contributed by atoms with van der Waals surface area (Å²) in [6.45, 7) is 2.05. The smallest absolute Gasteiger partial charge is 0.227 e. The van der Waals surface area contributed by atoms with Crippen molar-refractivity contribution in [2.24, 2.45) is 5.92 Å². The van der Waals surface area contributed by atoms with Crippen LogP contribution in [0.4, 0.5) is 11.4 Å². The van der Waals surface area contributed by atoms with Gasteiger partial charge in [0.15, 0.2) is 0 Å². The molecule has 0 aromatic heterocycles. The van der Waals surface area contributed by atoms with E-state index in [2.05, 4.69) is 10.6 Å². The molecule has 2 N–H and O–H groups in total. The van der Waals surface area contributed by atoms with Crippen LogP contribution in [0.25, 0.3) is 0 Å². The second kappa shape index (κ2) is 7.30. The van der Waals surface area contributed by atoms with Crippen LogP contribution in [0.15, 0.2) is 54.6 Å². The second-order valence-corrected chi connectivity index (χ2v) is 6.40. The lowest BCUT2D eigenvalue weighted by Gasteiger charge is -2.12. The Hall–Kier alpha value is -2.62. The molecule has 2 aromatic carbocycles. The third-order valence-electron chi connectivity index (χ3n) is 4.24. The zero-order valence-electron chi connectivity index (χ0n) is 13.8. The van der Waals surface area contributed by atoms with Crippen LogP contribution < -0.4 is 10.6 Å². The van der Waals surface area contributed by atoms with Crippen LogP contribution in [0, 0.1) is 5.92 Å². The van der Waals surface area contributed by atoms with E-state index in [-0.39, 0.29) is 23.7 Å². The summed E-state index contributed by atoms with van der Waals surface area (Å²) in [5, 5.41) is 5.79. The number of amides is 2. The maximum Gasteiger partial charge on any atom is 0.227 e. The minimum Gasteiger partial charge on any atom is -0.326 e. The molecule has 4 heteroatoms. The number of nitrogens with one attached hydrogen (secondary N) is 2. The molecule has 0 bridgehead atoms. The zero-order valence-corrected chi connectivity index (χ0v) is 13.8. The number of anilines is 2. The highest BCUT2D eigenvalue weighted by molar-refractivity contribution is 5.95. The van der Waals surface area contributed by atoms with Crippen molar-refractivity contribution < 1.29 is 9.59 Å². The van der Waals surface area contributed by atoms with Crippen molar-refractivity contribution in [3.8, 4) is 0 Å². The summed E-state index contributed by atoms with van der Waals surface area (Å²) >= 11 is 0. The van der Waals surface area contributed by atoms with E-state index in [1.807, 2.05) is 61.5 Å². The summed E-state index contributed by atoms with van der Waals surface area (Å²) in [6.07, 6.45) is 2.41. The fraction of sp³-hybridized carbons (Fsp3) is 0.300. The Morgan fingerprint density at radius 1 is 0.958 bits per heavy atom. The van der Waals surface area contributed by atoms with Crippen molar-refractivity contribution >= 4 is 23.2 Å². The lowest BCUT2D eigenvalue weighted by Crippen LogP contribution is -2.15. The summed E-state index contributed by atoms with van der Waals surface area (Å²) < 4.78 is 0. The van der Waals surface area contributed by atoms with Crippen LogP contribution in [-0.2, 0) is 9.59 Å². The van der Waals surface area contributed by atoms with Gasteiger partial charge in [0.05, 0.1) is 0 Å². The quantitative estimate of drug-likeness (QED) is 0.838. The van der Waals surface area contributed by atoms with Gasteiger partial charge < -0.3 is 10.6 Å². The average molecular weight is 322 g/mol. The standard InChI is InChI=1S/C20H22N2O2/c1-14(15-5-3-2-4-6-15)13-19(23)21-17-9-11-18(12-10-17)22-20(24)16-7-8-16/h2-6,9-12,14,16H,7-8,13H2,1H3,(H,21,23)(H,22,24)/t14-/m1/s1. The van der Waals surface area contributed by atoms with Gasteiger partial charge in [0, 0.05) is 23.7 Å². The number of carbonyl (C=O) groups excluding carboxylic acids is 2. The van der Waals surface area contributed by atoms with Gasteiger partial charge in [-0.2, -0.15) is 0 Å². The molecule has 3 rings (SSSR count). The summed E-state index contributed by atoms with van der Waals surface area (Å²) in [6, 6.07) is 17.3. The molecule has 4 nitrogen and oxygen atoms in total. The van der Waals surface area contributed by atoms with E-state index in [9.17, 15) is 9.59 Å². The van der Waals surface area contributed by atoms with Gasteiger partial charge in [-0.1, -0.05) is 37.3 Å². The van der Waals surface area contributed by atoms with Gasteiger partial charge in [-0.3, -0.25) is 9.59 Å². The Labute approximate surface area is 142 Å². The SMILES string of the molecule is C[C@H](CC(=O)Nc1ccc(NC(=O)C2CC2)cc1)c1ccccc1. The zero-order chi connectivity index (χ0) is 16.9. The number of rotatable bonds is 6. The van der Waals surface area contributed by atoms with E-state index >= 15 is 0 Å². The molecular formula is C20H22N2O2. The summed E-state index contributed by atoms with van der Waals surface area (Å²) in [7, 11) is 0. The van der Waals surface area contributed by atoms with Crippen LogP contribution in [0.2, 0.25) is 0 Å². The molecule has 2 aromatic rings. The topological polar surface area (TPSA) is 58.2 Å². The third-order valence-corrected chi connectivity index (χ3v) is 4.24. The van der Waals surface area contributed by atoms with Crippen LogP contribution in [0.5, 0.6) is 0 Å². The first-order chi connectivity index (χ1) is 11.6. The van der Waals surface area contributed by atoms with E-state index in [1.165, 1.54) is 0 Å². The predicted molar refractivity (Wildman–Crippen MR) is 95.9 cm³/mol. The fourth-order valence-electron chi connectivity index (χ4n) is 2.62. The van der Waals surface area contributed by atoms with Gasteiger partial charge in [-0.25, -0.2) is 0 Å². The second-order valence-electron chi connectivity index (χ2n) is 6.40. The number of carbonyl (C=O) groups is 2. The van der Waals surface area contributed by atoms with E-state index in [0.29, 0.717) is 6.42 Å². The first-order valence-electron chi connectivity index (χ1n) is 8.37. The van der Waals surface area contributed by atoms with Crippen molar-refractivity contribution in [3.05, 3.63) is 60.2 Å². The first kappa shape index (κ1) is 16.2. The van der Waals surface area contributed by atoms with Crippen molar-refractivity contribution in [2.75, 3.05) is 10.6 Å². The average Bonchev–Trinajstić information content (AvgIpc) is 3.42. The fourth-order valence-corrected chi connectivity index (χ4v) is 2.62. The van der Waals surface area contributed by atoms with Gasteiger partial charge in [0.1, 0.15) is 0 Å². The number of benzene rings is 2. The van der Waals surface area contributed by atoms with Gasteiger partial charge in [0.25, 0.3) is 0 Å². The molecule has 1 aliphatic carbocycles. The van der Waals surface area contributed by atoms with Gasteiger partial charge in [-0.05, 0) is 48.6 Å². The van der Waals surface area contributed by atoms with Crippen molar-refractivity contribution in [3.63, 3.8) is 0 Å². The molecule has 0 heterocycles. The lowest BCUT2D eigenvalue weighted by atomic mass is 9.97. The molecule has 1 saturated carbocycles. The van der Waals surface area contributed by atoms with Crippen LogP contribution in [0.3, 0.4) is 0 Å². The number of hydrogen-bond donors (Lipinski definition) is 2. The Balaban J connectivity index is 1.51. The summed E-state index contributed by atoms with van der Waals surface area (Å²) in [5.41, 5.74) is 2.66. The Morgan fingerprint density at radius 2 is 1.54 bits per heavy atom. The molecule has 1 atom stereocenters. The minimum atomic E-state index is -0.0129. The molecule has 0 radical (unpaired) electrons. The predicted octanol–water partition coefficient (Wildman–Crippen LogP) is 4.17. The monoisotopic (exact) mass is 322 g/mol. The van der Waals surface area contributed by atoms with Crippen molar-refractivity contribution in [1.82, 2.24) is 0 Å². The molecular weight excluding hydrogens is 300 g/mol. The molecule has 1 fully saturated rings. The molecule has 0 aliphatic heterocycles. The highest BCUT2D eigenvalue weighted by Crippen LogP contribution is 2.30. The normalized spacial score (nSPS) is 14.7. The largest absolute Gasteiger partial charge is 0.326 e. The molecule has 0 spiro atoms. The number of hydrogen-bond acceptors (Lipinski definition) is 2. The van der Waals surface area contributed by atoms with Crippen molar-refractivity contribution in [2.45, 2.75) is 32.1 Å². The Kier molecular flexibility index (Phi) is 4.94. The maximum absolute atomic E-state index is 12.2.